The van der Waals surface area contributed by atoms with Crippen LogP contribution in [0.15, 0.2) is 71.5 Å². The first kappa shape index (κ1) is 25.6. The van der Waals surface area contributed by atoms with Crippen LogP contribution in [0.3, 0.4) is 0 Å². The first-order chi connectivity index (χ1) is 18.3. The van der Waals surface area contributed by atoms with Gasteiger partial charge in [0, 0.05) is 23.0 Å². The Kier molecular flexibility index (Phi) is 7.01. The summed E-state index contributed by atoms with van der Waals surface area (Å²) < 4.78 is 7.94. The van der Waals surface area contributed by atoms with Crippen molar-refractivity contribution < 1.29 is 14.3 Å². The van der Waals surface area contributed by atoms with E-state index in [4.69, 9.17) is 16.3 Å². The standard InChI is InChI=1S/C29H24ClN3O4S/c1-4-22(26(34)32-29-31-21-14-9-16(2)15-23(21)38-29)37-28(36)25-24(17-10-12-18(30)13-11-17)19-7-5-6-8-20(19)27(35)33(25)3/h5-15,22H,4H2,1-3H3,(H,31,32,34). The Balaban J connectivity index is 1.51. The highest BCUT2D eigenvalue weighted by molar-refractivity contribution is 7.22. The second-order valence-corrected chi connectivity index (χ2v) is 10.4. The van der Waals surface area contributed by atoms with E-state index in [1.807, 2.05) is 25.1 Å². The number of hydrogen-bond acceptors (Lipinski definition) is 6. The van der Waals surface area contributed by atoms with Gasteiger partial charge in [-0.1, -0.05) is 66.3 Å². The highest BCUT2D eigenvalue weighted by atomic mass is 35.5. The second-order valence-electron chi connectivity index (χ2n) is 8.92. The number of fused-ring (bicyclic) bond motifs is 2. The van der Waals surface area contributed by atoms with Gasteiger partial charge in [0.2, 0.25) is 0 Å². The van der Waals surface area contributed by atoms with Gasteiger partial charge in [-0.3, -0.25) is 14.9 Å². The molecule has 0 spiro atoms. The van der Waals surface area contributed by atoms with Gasteiger partial charge in [0.15, 0.2) is 11.2 Å². The van der Waals surface area contributed by atoms with E-state index in [-0.39, 0.29) is 17.7 Å². The van der Waals surface area contributed by atoms with Crippen LogP contribution < -0.4 is 10.9 Å². The topological polar surface area (TPSA) is 90.3 Å². The normalized spacial score (nSPS) is 12.0. The van der Waals surface area contributed by atoms with Crippen molar-refractivity contribution in [2.75, 3.05) is 5.32 Å². The fourth-order valence-electron chi connectivity index (χ4n) is 4.39. The summed E-state index contributed by atoms with van der Waals surface area (Å²) in [6, 6.07) is 19.9. The van der Waals surface area contributed by atoms with E-state index in [1.54, 1.807) is 55.5 Å². The summed E-state index contributed by atoms with van der Waals surface area (Å²) in [5.74, 6) is -1.27. The average Bonchev–Trinajstić information content (AvgIpc) is 3.30. The Bertz CT molecular complexity index is 1760. The molecule has 5 aromatic rings. The number of benzene rings is 3. The number of ether oxygens (including phenoxy) is 1. The molecule has 1 N–H and O–H groups in total. The maximum Gasteiger partial charge on any atom is 0.356 e. The maximum absolute atomic E-state index is 13.6. The average molecular weight is 546 g/mol. The number of thiazole rings is 1. The van der Waals surface area contributed by atoms with E-state index < -0.39 is 18.0 Å². The number of aromatic nitrogens is 2. The minimum absolute atomic E-state index is 0.0535. The molecule has 0 saturated heterocycles. The molecule has 0 radical (unpaired) electrons. The van der Waals surface area contributed by atoms with Crippen molar-refractivity contribution in [2.45, 2.75) is 26.4 Å². The number of esters is 1. The van der Waals surface area contributed by atoms with E-state index in [1.165, 1.54) is 23.0 Å². The van der Waals surface area contributed by atoms with Crippen molar-refractivity contribution in [3.05, 3.63) is 93.4 Å². The van der Waals surface area contributed by atoms with Gasteiger partial charge >= 0.3 is 5.97 Å². The molecule has 0 fully saturated rings. The molecule has 192 valence electrons. The monoisotopic (exact) mass is 545 g/mol. The quantitative estimate of drug-likeness (QED) is 0.251. The highest BCUT2D eigenvalue weighted by Crippen LogP contribution is 2.32. The number of carbonyl (C=O) groups is 2. The van der Waals surface area contributed by atoms with Crippen LogP contribution in [0, 0.1) is 6.92 Å². The SMILES string of the molecule is CCC(OC(=O)c1c(-c2ccc(Cl)cc2)c2ccccc2c(=O)n1C)C(=O)Nc1nc2ccc(C)cc2s1. The van der Waals surface area contributed by atoms with Crippen molar-refractivity contribution in [1.82, 2.24) is 9.55 Å². The molecular formula is C29H24ClN3O4S. The number of carbonyl (C=O) groups excluding carboxylic acids is 2. The summed E-state index contributed by atoms with van der Waals surface area (Å²) >= 11 is 7.45. The van der Waals surface area contributed by atoms with Gasteiger partial charge < -0.3 is 9.30 Å². The minimum Gasteiger partial charge on any atom is -0.448 e. The van der Waals surface area contributed by atoms with Gasteiger partial charge in [-0.25, -0.2) is 9.78 Å². The number of hydrogen-bond donors (Lipinski definition) is 1. The summed E-state index contributed by atoms with van der Waals surface area (Å²) in [6.45, 7) is 3.74. The van der Waals surface area contributed by atoms with Crippen molar-refractivity contribution in [3.63, 3.8) is 0 Å². The Morgan fingerprint density at radius 1 is 1.08 bits per heavy atom. The van der Waals surface area contributed by atoms with Gasteiger partial charge in [0.1, 0.15) is 5.69 Å². The van der Waals surface area contributed by atoms with E-state index in [0.717, 1.165) is 15.8 Å². The zero-order valence-electron chi connectivity index (χ0n) is 20.9. The zero-order chi connectivity index (χ0) is 27.0. The summed E-state index contributed by atoms with van der Waals surface area (Å²) in [5, 5.41) is 4.81. The highest BCUT2D eigenvalue weighted by Gasteiger charge is 2.28. The summed E-state index contributed by atoms with van der Waals surface area (Å²) in [6.07, 6.45) is -0.852. The Hall–Kier alpha value is -4.01. The lowest BCUT2D eigenvalue weighted by Gasteiger charge is -2.20. The van der Waals surface area contributed by atoms with Crippen LogP contribution >= 0.6 is 22.9 Å². The maximum atomic E-state index is 13.6. The fraction of sp³-hybridized carbons (Fsp3) is 0.172. The molecule has 0 saturated carbocycles. The van der Waals surface area contributed by atoms with Gasteiger partial charge in [-0.2, -0.15) is 0 Å². The van der Waals surface area contributed by atoms with Crippen LogP contribution in [0.5, 0.6) is 0 Å². The Morgan fingerprint density at radius 3 is 2.50 bits per heavy atom. The van der Waals surface area contributed by atoms with Crippen LogP contribution in [-0.4, -0.2) is 27.5 Å². The summed E-state index contributed by atoms with van der Waals surface area (Å²) in [5.41, 5.74) is 2.80. The van der Waals surface area contributed by atoms with E-state index in [9.17, 15) is 14.4 Å². The van der Waals surface area contributed by atoms with Gasteiger partial charge in [-0.05, 0) is 60.2 Å². The third kappa shape index (κ3) is 4.80. The first-order valence-corrected chi connectivity index (χ1v) is 13.2. The first-order valence-electron chi connectivity index (χ1n) is 12.0. The van der Waals surface area contributed by atoms with Gasteiger partial charge in [0.05, 0.1) is 10.2 Å². The molecule has 0 bridgehead atoms. The molecule has 2 heterocycles. The molecule has 7 nitrogen and oxygen atoms in total. The lowest BCUT2D eigenvalue weighted by molar-refractivity contribution is -0.124. The number of rotatable bonds is 6. The molecule has 1 atom stereocenters. The molecule has 0 aliphatic rings. The molecule has 5 rings (SSSR count). The lowest BCUT2D eigenvalue weighted by Crippen LogP contribution is -2.34. The van der Waals surface area contributed by atoms with Gasteiger partial charge in [-0.15, -0.1) is 0 Å². The van der Waals surface area contributed by atoms with Crippen molar-refractivity contribution >= 4 is 60.9 Å². The Morgan fingerprint density at radius 2 is 1.79 bits per heavy atom. The largest absolute Gasteiger partial charge is 0.448 e. The summed E-state index contributed by atoms with van der Waals surface area (Å²) in [4.78, 5) is 44.4. The van der Waals surface area contributed by atoms with Crippen molar-refractivity contribution in [3.8, 4) is 11.1 Å². The predicted molar refractivity (Wildman–Crippen MR) is 152 cm³/mol. The van der Waals surface area contributed by atoms with Crippen molar-refractivity contribution in [1.29, 1.82) is 0 Å². The second kappa shape index (κ2) is 10.4. The van der Waals surface area contributed by atoms with Crippen LogP contribution in [0.4, 0.5) is 5.13 Å². The van der Waals surface area contributed by atoms with E-state index in [0.29, 0.717) is 32.1 Å². The number of pyridine rings is 1. The molecule has 38 heavy (non-hydrogen) atoms. The molecule has 0 aliphatic carbocycles. The summed E-state index contributed by atoms with van der Waals surface area (Å²) in [7, 11) is 1.52. The fourth-order valence-corrected chi connectivity index (χ4v) is 5.48. The number of nitrogens with one attached hydrogen (secondary N) is 1. The number of halogens is 1. The number of amides is 1. The molecule has 0 aliphatic heterocycles. The van der Waals surface area contributed by atoms with E-state index >= 15 is 0 Å². The number of aryl methyl sites for hydroxylation is 1. The van der Waals surface area contributed by atoms with Crippen LogP contribution in [0.1, 0.15) is 29.4 Å². The number of anilines is 1. The van der Waals surface area contributed by atoms with Gasteiger partial charge in [0.25, 0.3) is 11.5 Å². The zero-order valence-corrected chi connectivity index (χ0v) is 22.5. The number of nitrogens with zero attached hydrogens (tertiary/aromatic N) is 2. The molecule has 3 aromatic carbocycles. The van der Waals surface area contributed by atoms with Crippen LogP contribution in [0.2, 0.25) is 5.02 Å². The Labute approximate surface area is 227 Å². The molecule has 1 unspecified atom stereocenters. The molecular weight excluding hydrogens is 522 g/mol. The molecule has 1 amide bonds. The van der Waals surface area contributed by atoms with Crippen LogP contribution in [-0.2, 0) is 16.6 Å². The predicted octanol–water partition coefficient (Wildman–Crippen LogP) is 6.35. The molecule has 2 aromatic heterocycles. The third-order valence-corrected chi connectivity index (χ3v) is 7.50. The van der Waals surface area contributed by atoms with Crippen molar-refractivity contribution in [2.24, 2.45) is 7.05 Å². The third-order valence-electron chi connectivity index (χ3n) is 6.32. The minimum atomic E-state index is -1.09. The van der Waals surface area contributed by atoms with Crippen LogP contribution in [0.25, 0.3) is 32.1 Å². The smallest absolute Gasteiger partial charge is 0.356 e. The molecule has 9 heteroatoms. The van der Waals surface area contributed by atoms with E-state index in [2.05, 4.69) is 10.3 Å². The lowest BCUT2D eigenvalue weighted by atomic mass is 9.96.